The van der Waals surface area contributed by atoms with E-state index in [1.165, 1.54) is 0 Å². The van der Waals surface area contributed by atoms with Gasteiger partial charge in [0, 0.05) is 0 Å². The highest BCUT2D eigenvalue weighted by Crippen LogP contribution is 2.43. The third kappa shape index (κ3) is 3.65. The standard InChI is InChI=1S/C18H24O5/c1-4-10-20-16-15-18(13-21-16,23-17(2,3)22-15)12-19-11-14-8-6-5-7-9-14/h4-9,15-16H,1,10-13H2,2-3H3/t15?,16-,18+/m1/s1. The number of rotatable bonds is 7. The van der Waals surface area contributed by atoms with Crippen LogP contribution in [0, 0.1) is 0 Å². The molecular formula is C18H24O5. The Morgan fingerprint density at radius 3 is 2.83 bits per heavy atom. The van der Waals surface area contributed by atoms with E-state index in [0.29, 0.717) is 26.4 Å². The first kappa shape index (κ1) is 16.6. The topological polar surface area (TPSA) is 46.2 Å². The molecule has 2 aliphatic rings. The van der Waals surface area contributed by atoms with Gasteiger partial charge in [-0.25, -0.2) is 0 Å². The van der Waals surface area contributed by atoms with Crippen molar-refractivity contribution < 1.29 is 23.7 Å². The summed E-state index contributed by atoms with van der Waals surface area (Å²) in [6.45, 7) is 9.17. The summed E-state index contributed by atoms with van der Waals surface area (Å²) in [5.41, 5.74) is 0.487. The predicted molar refractivity (Wildman–Crippen MR) is 84.8 cm³/mol. The predicted octanol–water partition coefficient (Wildman–Crippen LogP) is 2.65. The minimum absolute atomic E-state index is 0.312. The summed E-state index contributed by atoms with van der Waals surface area (Å²) in [5, 5.41) is 0. The van der Waals surface area contributed by atoms with Crippen LogP contribution in [0.4, 0.5) is 0 Å². The molecule has 5 heteroatoms. The normalized spacial score (nSPS) is 31.9. The number of fused-ring (bicyclic) bond motifs is 1. The van der Waals surface area contributed by atoms with Gasteiger partial charge < -0.3 is 23.7 Å². The van der Waals surface area contributed by atoms with E-state index in [1.54, 1.807) is 6.08 Å². The first-order chi connectivity index (χ1) is 11.0. The van der Waals surface area contributed by atoms with Gasteiger partial charge in [-0.15, -0.1) is 6.58 Å². The third-order valence-corrected chi connectivity index (χ3v) is 3.95. The Kier molecular flexibility index (Phi) is 4.85. The van der Waals surface area contributed by atoms with Crippen molar-refractivity contribution in [1.29, 1.82) is 0 Å². The Morgan fingerprint density at radius 2 is 2.09 bits per heavy atom. The summed E-state index contributed by atoms with van der Waals surface area (Å²) >= 11 is 0. The van der Waals surface area contributed by atoms with E-state index in [4.69, 9.17) is 23.7 Å². The minimum atomic E-state index is -0.680. The van der Waals surface area contributed by atoms with Crippen LogP contribution >= 0.6 is 0 Å². The molecule has 3 atom stereocenters. The molecule has 2 aliphatic heterocycles. The fourth-order valence-electron chi connectivity index (χ4n) is 3.08. The van der Waals surface area contributed by atoms with Crippen LogP contribution in [-0.2, 0) is 30.3 Å². The largest absolute Gasteiger partial charge is 0.374 e. The molecular weight excluding hydrogens is 296 g/mol. The van der Waals surface area contributed by atoms with Gasteiger partial charge in [0.25, 0.3) is 0 Å². The van der Waals surface area contributed by atoms with E-state index >= 15 is 0 Å². The zero-order valence-electron chi connectivity index (χ0n) is 13.7. The van der Waals surface area contributed by atoms with Crippen molar-refractivity contribution in [1.82, 2.24) is 0 Å². The summed E-state index contributed by atoms with van der Waals surface area (Å²) < 4.78 is 29.4. The third-order valence-electron chi connectivity index (χ3n) is 3.95. The molecule has 0 amide bonds. The van der Waals surface area contributed by atoms with Gasteiger partial charge in [0.15, 0.2) is 12.1 Å². The second kappa shape index (κ2) is 6.71. The average Bonchev–Trinajstić information content (AvgIpc) is 2.97. The second-order valence-electron chi connectivity index (χ2n) is 6.38. The number of hydrogen-bond acceptors (Lipinski definition) is 5. The summed E-state index contributed by atoms with van der Waals surface area (Å²) in [5.74, 6) is -0.680. The van der Waals surface area contributed by atoms with Gasteiger partial charge >= 0.3 is 0 Å². The first-order valence-corrected chi connectivity index (χ1v) is 7.88. The van der Waals surface area contributed by atoms with Gasteiger partial charge in [-0.1, -0.05) is 36.4 Å². The van der Waals surface area contributed by atoms with Gasteiger partial charge in [-0.3, -0.25) is 0 Å². The molecule has 0 N–H and O–H groups in total. The highest BCUT2D eigenvalue weighted by molar-refractivity contribution is 5.13. The van der Waals surface area contributed by atoms with Crippen molar-refractivity contribution in [3.63, 3.8) is 0 Å². The molecule has 2 heterocycles. The molecule has 3 rings (SSSR count). The molecule has 5 nitrogen and oxygen atoms in total. The zero-order chi connectivity index (χ0) is 16.3. The van der Waals surface area contributed by atoms with Gasteiger partial charge in [-0.05, 0) is 19.4 Å². The van der Waals surface area contributed by atoms with E-state index in [2.05, 4.69) is 6.58 Å². The van der Waals surface area contributed by atoms with Gasteiger partial charge in [0.1, 0.15) is 11.7 Å². The van der Waals surface area contributed by atoms with Crippen LogP contribution < -0.4 is 0 Å². The lowest BCUT2D eigenvalue weighted by Gasteiger charge is -2.26. The van der Waals surface area contributed by atoms with Crippen molar-refractivity contribution in [3.8, 4) is 0 Å². The van der Waals surface area contributed by atoms with Crippen LogP contribution in [0.2, 0.25) is 0 Å². The fourth-order valence-corrected chi connectivity index (χ4v) is 3.08. The quantitative estimate of drug-likeness (QED) is 0.723. The first-order valence-electron chi connectivity index (χ1n) is 7.88. The molecule has 0 spiro atoms. The van der Waals surface area contributed by atoms with E-state index in [0.717, 1.165) is 5.56 Å². The fraction of sp³-hybridized carbons (Fsp3) is 0.556. The molecule has 2 saturated heterocycles. The smallest absolute Gasteiger partial charge is 0.187 e. The van der Waals surface area contributed by atoms with E-state index in [-0.39, 0.29) is 6.10 Å². The van der Waals surface area contributed by atoms with Crippen molar-refractivity contribution >= 4 is 0 Å². The van der Waals surface area contributed by atoms with E-state index < -0.39 is 17.7 Å². The van der Waals surface area contributed by atoms with Gasteiger partial charge in [0.2, 0.25) is 0 Å². The van der Waals surface area contributed by atoms with Crippen molar-refractivity contribution in [2.45, 2.75) is 44.2 Å². The van der Waals surface area contributed by atoms with Crippen molar-refractivity contribution in [2.24, 2.45) is 0 Å². The SMILES string of the molecule is C=CCO[C@@H]1OC[C@]2(COCc3ccccc3)OC(C)(C)OC12. The van der Waals surface area contributed by atoms with Crippen LogP contribution in [0.5, 0.6) is 0 Å². The van der Waals surface area contributed by atoms with Crippen LogP contribution in [0.15, 0.2) is 43.0 Å². The van der Waals surface area contributed by atoms with Crippen LogP contribution in [-0.4, -0.2) is 43.6 Å². The molecule has 0 saturated carbocycles. The maximum atomic E-state index is 6.13. The van der Waals surface area contributed by atoms with Gasteiger partial charge in [0.05, 0.1) is 26.4 Å². The Balaban J connectivity index is 1.64. The molecule has 0 aliphatic carbocycles. The highest BCUT2D eigenvalue weighted by atomic mass is 16.8. The lowest BCUT2D eigenvalue weighted by atomic mass is 10.0. The molecule has 2 fully saturated rings. The highest BCUT2D eigenvalue weighted by Gasteiger charge is 2.61. The lowest BCUT2D eigenvalue weighted by molar-refractivity contribution is -0.225. The number of ether oxygens (including phenoxy) is 5. The number of hydrogen-bond donors (Lipinski definition) is 0. The summed E-state index contributed by atoms with van der Waals surface area (Å²) in [6.07, 6.45) is 0.916. The monoisotopic (exact) mass is 320 g/mol. The molecule has 1 aromatic rings. The Morgan fingerprint density at radius 1 is 1.30 bits per heavy atom. The maximum absolute atomic E-state index is 6.13. The summed E-state index contributed by atoms with van der Waals surface area (Å²) in [4.78, 5) is 0. The molecule has 1 aromatic carbocycles. The molecule has 0 bridgehead atoms. The van der Waals surface area contributed by atoms with E-state index in [1.807, 2.05) is 44.2 Å². The second-order valence-corrected chi connectivity index (χ2v) is 6.38. The Hall–Kier alpha value is -1.24. The van der Waals surface area contributed by atoms with Crippen LogP contribution in [0.3, 0.4) is 0 Å². The van der Waals surface area contributed by atoms with Crippen molar-refractivity contribution in [3.05, 3.63) is 48.6 Å². The Bertz CT molecular complexity index is 529. The molecule has 0 radical (unpaired) electrons. The van der Waals surface area contributed by atoms with E-state index in [9.17, 15) is 0 Å². The molecule has 1 unspecified atom stereocenters. The lowest BCUT2D eigenvalue weighted by Crippen LogP contribution is -2.46. The molecule has 0 aromatic heterocycles. The number of benzene rings is 1. The van der Waals surface area contributed by atoms with Crippen LogP contribution in [0.25, 0.3) is 0 Å². The zero-order valence-corrected chi connectivity index (χ0v) is 13.7. The van der Waals surface area contributed by atoms with Gasteiger partial charge in [-0.2, -0.15) is 0 Å². The molecule has 126 valence electrons. The van der Waals surface area contributed by atoms with Crippen LogP contribution in [0.1, 0.15) is 19.4 Å². The average molecular weight is 320 g/mol. The molecule has 23 heavy (non-hydrogen) atoms. The Labute approximate surface area is 137 Å². The maximum Gasteiger partial charge on any atom is 0.187 e. The summed E-state index contributed by atoms with van der Waals surface area (Å²) in [7, 11) is 0. The minimum Gasteiger partial charge on any atom is -0.374 e. The summed E-state index contributed by atoms with van der Waals surface area (Å²) in [6, 6.07) is 10.0. The van der Waals surface area contributed by atoms with Crippen molar-refractivity contribution in [2.75, 3.05) is 19.8 Å².